The van der Waals surface area contributed by atoms with Crippen molar-refractivity contribution in [2.24, 2.45) is 29.6 Å². The highest BCUT2D eigenvalue weighted by molar-refractivity contribution is 6.09. The van der Waals surface area contributed by atoms with Gasteiger partial charge in [-0.25, -0.2) is 0 Å². The standard InChI is InChI=1S/C20H28O/c1-11-12(2)20(21)13(3)15-9-10-17-16-6-4-5-14(16)7-8-18(17)19(11)15/h14,16-19H,4-10H2,1-3H3. The zero-order chi connectivity index (χ0) is 14.7. The maximum absolute atomic E-state index is 12.4. The van der Waals surface area contributed by atoms with E-state index in [1.807, 2.05) is 0 Å². The summed E-state index contributed by atoms with van der Waals surface area (Å²) < 4.78 is 0. The molecule has 0 radical (unpaired) electrons. The van der Waals surface area contributed by atoms with Gasteiger partial charge in [0.05, 0.1) is 0 Å². The van der Waals surface area contributed by atoms with E-state index in [0.717, 1.165) is 34.8 Å². The quantitative estimate of drug-likeness (QED) is 0.606. The van der Waals surface area contributed by atoms with Crippen molar-refractivity contribution in [3.63, 3.8) is 0 Å². The molecule has 1 nitrogen and oxygen atoms in total. The summed E-state index contributed by atoms with van der Waals surface area (Å²) in [5, 5.41) is 0. The number of rotatable bonds is 0. The van der Waals surface area contributed by atoms with Gasteiger partial charge in [-0.2, -0.15) is 0 Å². The van der Waals surface area contributed by atoms with Crippen LogP contribution in [0.15, 0.2) is 22.3 Å². The Labute approximate surface area is 128 Å². The molecular weight excluding hydrogens is 256 g/mol. The Morgan fingerprint density at radius 1 is 0.810 bits per heavy atom. The van der Waals surface area contributed by atoms with Gasteiger partial charge in [0.15, 0.2) is 5.78 Å². The zero-order valence-corrected chi connectivity index (χ0v) is 13.7. The summed E-state index contributed by atoms with van der Waals surface area (Å²) in [6.07, 6.45) is 9.86. The van der Waals surface area contributed by atoms with Crippen molar-refractivity contribution in [2.75, 3.05) is 0 Å². The van der Waals surface area contributed by atoms with Crippen LogP contribution in [0.3, 0.4) is 0 Å². The van der Waals surface area contributed by atoms with Gasteiger partial charge < -0.3 is 0 Å². The SMILES string of the molecule is CC1=C(C)C2C(=C(C)C1=O)CCC1C3CCCC3CCC21. The lowest BCUT2D eigenvalue weighted by molar-refractivity contribution is -0.112. The number of carbonyl (C=O) groups is 1. The van der Waals surface area contributed by atoms with Crippen LogP contribution < -0.4 is 0 Å². The average molecular weight is 284 g/mol. The van der Waals surface area contributed by atoms with Crippen molar-refractivity contribution in [3.8, 4) is 0 Å². The molecule has 21 heavy (non-hydrogen) atoms. The molecule has 0 aromatic heterocycles. The third-order valence-electron chi connectivity index (χ3n) is 7.46. The van der Waals surface area contributed by atoms with Crippen LogP contribution >= 0.6 is 0 Å². The van der Waals surface area contributed by atoms with E-state index in [4.69, 9.17) is 0 Å². The molecule has 0 N–H and O–H groups in total. The summed E-state index contributed by atoms with van der Waals surface area (Å²) in [4.78, 5) is 12.4. The van der Waals surface area contributed by atoms with E-state index in [1.54, 1.807) is 0 Å². The Balaban J connectivity index is 1.73. The molecule has 4 aliphatic carbocycles. The molecule has 0 bridgehead atoms. The first-order valence-corrected chi connectivity index (χ1v) is 9.01. The van der Waals surface area contributed by atoms with E-state index in [1.165, 1.54) is 56.1 Å². The minimum atomic E-state index is 0.326. The largest absolute Gasteiger partial charge is 0.289 e. The van der Waals surface area contributed by atoms with E-state index in [9.17, 15) is 4.79 Å². The Morgan fingerprint density at radius 3 is 2.43 bits per heavy atom. The summed E-state index contributed by atoms with van der Waals surface area (Å²) in [5.74, 6) is 4.77. The van der Waals surface area contributed by atoms with E-state index in [0.29, 0.717) is 11.7 Å². The van der Waals surface area contributed by atoms with Crippen LogP contribution in [0, 0.1) is 29.6 Å². The third-order valence-corrected chi connectivity index (χ3v) is 7.46. The minimum absolute atomic E-state index is 0.326. The maximum Gasteiger partial charge on any atom is 0.184 e. The molecule has 1 heteroatoms. The van der Waals surface area contributed by atoms with E-state index in [-0.39, 0.29) is 0 Å². The Bertz CT molecular complexity index is 550. The second-order valence-corrected chi connectivity index (χ2v) is 8.06. The Hall–Kier alpha value is -0.850. The zero-order valence-electron chi connectivity index (χ0n) is 13.7. The topological polar surface area (TPSA) is 17.1 Å². The van der Waals surface area contributed by atoms with E-state index >= 15 is 0 Å². The molecule has 0 amide bonds. The lowest BCUT2D eigenvalue weighted by atomic mass is 9.54. The number of carbonyl (C=O) groups excluding carboxylic acids is 1. The van der Waals surface area contributed by atoms with Gasteiger partial charge in [-0.05, 0) is 87.7 Å². The maximum atomic E-state index is 12.4. The van der Waals surface area contributed by atoms with Gasteiger partial charge in [-0.3, -0.25) is 4.79 Å². The van der Waals surface area contributed by atoms with Gasteiger partial charge >= 0.3 is 0 Å². The Kier molecular flexibility index (Phi) is 3.17. The molecule has 4 aliphatic rings. The minimum Gasteiger partial charge on any atom is -0.289 e. The van der Waals surface area contributed by atoms with E-state index in [2.05, 4.69) is 20.8 Å². The molecule has 0 saturated heterocycles. The molecular formula is C20H28O. The van der Waals surface area contributed by atoms with Crippen LogP contribution in [0.2, 0.25) is 0 Å². The number of Topliss-reactive ketones (excluding diaryl/α,β-unsaturated/α-hetero) is 1. The second kappa shape index (κ2) is 4.83. The second-order valence-electron chi connectivity index (χ2n) is 8.06. The predicted molar refractivity (Wildman–Crippen MR) is 85.9 cm³/mol. The summed E-state index contributed by atoms with van der Waals surface area (Å²) in [7, 11) is 0. The van der Waals surface area contributed by atoms with Crippen molar-refractivity contribution in [3.05, 3.63) is 22.3 Å². The van der Waals surface area contributed by atoms with Gasteiger partial charge in [0.1, 0.15) is 0 Å². The lowest BCUT2D eigenvalue weighted by Gasteiger charge is -2.50. The number of hydrogen-bond donors (Lipinski definition) is 0. The van der Waals surface area contributed by atoms with Crippen LogP contribution in [0.1, 0.15) is 65.7 Å². The molecule has 5 unspecified atom stereocenters. The number of fused-ring (bicyclic) bond motifs is 5. The molecule has 114 valence electrons. The monoisotopic (exact) mass is 284 g/mol. The van der Waals surface area contributed by atoms with Gasteiger partial charge in [0.25, 0.3) is 0 Å². The highest BCUT2D eigenvalue weighted by Crippen LogP contribution is 2.58. The van der Waals surface area contributed by atoms with Crippen molar-refractivity contribution in [1.82, 2.24) is 0 Å². The number of hydrogen-bond acceptors (Lipinski definition) is 1. The normalized spacial score (nSPS) is 42.8. The first-order valence-electron chi connectivity index (χ1n) is 9.01. The summed E-state index contributed by atoms with van der Waals surface area (Å²) in [6.45, 7) is 6.39. The molecule has 3 fully saturated rings. The number of allylic oxidation sites excluding steroid dienone is 4. The summed E-state index contributed by atoms with van der Waals surface area (Å²) >= 11 is 0. The highest BCUT2D eigenvalue weighted by atomic mass is 16.1. The molecule has 0 spiro atoms. The molecule has 0 heterocycles. The number of ketones is 1. The fourth-order valence-corrected chi connectivity index (χ4v) is 6.35. The molecule has 0 aliphatic heterocycles. The fourth-order valence-electron chi connectivity index (χ4n) is 6.35. The van der Waals surface area contributed by atoms with Crippen molar-refractivity contribution in [1.29, 1.82) is 0 Å². The smallest absolute Gasteiger partial charge is 0.184 e. The molecule has 3 saturated carbocycles. The van der Waals surface area contributed by atoms with Crippen LogP contribution in [-0.2, 0) is 4.79 Å². The third kappa shape index (κ3) is 1.85. The summed E-state index contributed by atoms with van der Waals surface area (Å²) in [6, 6.07) is 0. The molecule has 4 rings (SSSR count). The van der Waals surface area contributed by atoms with Gasteiger partial charge in [-0.1, -0.05) is 24.0 Å². The van der Waals surface area contributed by atoms with Crippen molar-refractivity contribution in [2.45, 2.75) is 65.7 Å². The van der Waals surface area contributed by atoms with Gasteiger partial charge in [0, 0.05) is 5.92 Å². The summed E-state index contributed by atoms with van der Waals surface area (Å²) in [5.41, 5.74) is 5.07. The molecule has 0 aromatic rings. The van der Waals surface area contributed by atoms with Crippen LogP contribution in [0.25, 0.3) is 0 Å². The first kappa shape index (κ1) is 13.8. The van der Waals surface area contributed by atoms with Crippen molar-refractivity contribution < 1.29 is 4.79 Å². The van der Waals surface area contributed by atoms with Crippen LogP contribution in [0.5, 0.6) is 0 Å². The van der Waals surface area contributed by atoms with E-state index < -0.39 is 0 Å². The van der Waals surface area contributed by atoms with Gasteiger partial charge in [0.2, 0.25) is 0 Å². The average Bonchev–Trinajstić information content (AvgIpc) is 2.98. The highest BCUT2D eigenvalue weighted by Gasteiger charge is 2.48. The predicted octanol–water partition coefficient (Wildman–Crippen LogP) is 5.07. The van der Waals surface area contributed by atoms with Gasteiger partial charge in [-0.15, -0.1) is 0 Å². The fraction of sp³-hybridized carbons (Fsp3) is 0.750. The molecule has 5 atom stereocenters. The van der Waals surface area contributed by atoms with Crippen LogP contribution in [-0.4, -0.2) is 5.78 Å². The van der Waals surface area contributed by atoms with Crippen LogP contribution in [0.4, 0.5) is 0 Å². The molecule has 0 aromatic carbocycles. The first-order chi connectivity index (χ1) is 10.1. The Morgan fingerprint density at radius 2 is 1.62 bits per heavy atom. The van der Waals surface area contributed by atoms with Crippen molar-refractivity contribution >= 4 is 5.78 Å². The lowest BCUT2D eigenvalue weighted by Crippen LogP contribution is -2.42.